The minimum absolute atomic E-state index is 0.181. The van der Waals surface area contributed by atoms with Gasteiger partial charge in [0.15, 0.2) is 0 Å². The number of anilines is 1. The summed E-state index contributed by atoms with van der Waals surface area (Å²) in [6.07, 6.45) is 3.78. The highest BCUT2D eigenvalue weighted by Crippen LogP contribution is 2.64. The van der Waals surface area contributed by atoms with Crippen LogP contribution in [0, 0.1) is 17.8 Å². The summed E-state index contributed by atoms with van der Waals surface area (Å²) in [6.45, 7) is 0. The zero-order valence-corrected chi connectivity index (χ0v) is 16.7. The Balaban J connectivity index is 1.65. The molecule has 2 aliphatic carbocycles. The molecule has 0 saturated heterocycles. The Kier molecular flexibility index (Phi) is 3.97. The molecule has 0 spiro atoms. The van der Waals surface area contributed by atoms with Gasteiger partial charge in [0.25, 0.3) is 0 Å². The average Bonchev–Trinajstić information content (AvgIpc) is 3.29. The van der Waals surface area contributed by atoms with E-state index in [4.69, 9.17) is 4.74 Å². The number of hydrogen-bond acceptors (Lipinski definition) is 3. The minimum atomic E-state index is -0.853. The second-order valence-electron chi connectivity index (χ2n) is 8.05. The van der Waals surface area contributed by atoms with Gasteiger partial charge in [0, 0.05) is 15.7 Å². The van der Waals surface area contributed by atoms with Gasteiger partial charge in [-0.1, -0.05) is 15.9 Å². The van der Waals surface area contributed by atoms with Crippen LogP contribution in [-0.4, -0.2) is 18.2 Å². The lowest BCUT2D eigenvalue weighted by atomic mass is 9.67. The molecule has 1 heterocycles. The number of carboxylic acids is 1. The SMILES string of the molecule is COc1ccc(Br)cc1C1Nc2ccc(C(=O)O)cc2C2C3CCC(C3)C12. The van der Waals surface area contributed by atoms with E-state index in [0.717, 1.165) is 15.9 Å². The van der Waals surface area contributed by atoms with Crippen LogP contribution >= 0.6 is 15.9 Å². The van der Waals surface area contributed by atoms with Crippen molar-refractivity contribution in [3.63, 3.8) is 0 Å². The van der Waals surface area contributed by atoms with Crippen molar-refractivity contribution in [1.29, 1.82) is 0 Å². The van der Waals surface area contributed by atoms with Gasteiger partial charge in [0.1, 0.15) is 5.75 Å². The summed E-state index contributed by atoms with van der Waals surface area (Å²) < 4.78 is 6.73. The first-order valence-electron chi connectivity index (χ1n) is 9.54. The lowest BCUT2D eigenvalue weighted by molar-refractivity contribution is 0.0696. The molecule has 0 amide bonds. The Hall–Kier alpha value is -2.01. The lowest BCUT2D eigenvalue weighted by Crippen LogP contribution is -2.35. The highest BCUT2D eigenvalue weighted by atomic mass is 79.9. The maximum Gasteiger partial charge on any atom is 0.335 e. The fourth-order valence-corrected chi connectivity index (χ4v) is 6.26. The minimum Gasteiger partial charge on any atom is -0.496 e. The van der Waals surface area contributed by atoms with Gasteiger partial charge in [-0.05, 0) is 84.9 Å². The molecule has 5 heteroatoms. The Bertz CT molecular complexity index is 928. The predicted molar refractivity (Wildman–Crippen MR) is 108 cm³/mol. The molecule has 1 aliphatic heterocycles. The second kappa shape index (κ2) is 6.26. The van der Waals surface area contributed by atoms with Gasteiger partial charge in [-0.3, -0.25) is 0 Å². The molecule has 0 aromatic heterocycles. The number of halogens is 1. The Morgan fingerprint density at radius 2 is 1.96 bits per heavy atom. The molecule has 5 unspecified atom stereocenters. The number of hydrogen-bond donors (Lipinski definition) is 2. The van der Waals surface area contributed by atoms with E-state index in [1.54, 1.807) is 13.2 Å². The van der Waals surface area contributed by atoms with E-state index < -0.39 is 5.97 Å². The van der Waals surface area contributed by atoms with Crippen molar-refractivity contribution >= 4 is 27.6 Å². The maximum absolute atomic E-state index is 11.5. The van der Waals surface area contributed by atoms with E-state index in [2.05, 4.69) is 27.3 Å². The van der Waals surface area contributed by atoms with Gasteiger partial charge in [-0.15, -0.1) is 0 Å². The molecule has 2 aromatic rings. The van der Waals surface area contributed by atoms with Gasteiger partial charge in [0.2, 0.25) is 0 Å². The summed E-state index contributed by atoms with van der Waals surface area (Å²) >= 11 is 3.61. The molecular weight excluding hydrogens is 406 g/mol. The van der Waals surface area contributed by atoms with E-state index in [1.807, 2.05) is 24.3 Å². The van der Waals surface area contributed by atoms with Crippen molar-refractivity contribution in [3.8, 4) is 5.75 Å². The summed E-state index contributed by atoms with van der Waals surface area (Å²) in [5.41, 5.74) is 3.83. The zero-order valence-electron chi connectivity index (χ0n) is 15.1. The Labute approximate surface area is 167 Å². The fraction of sp³-hybridized carbons (Fsp3) is 0.409. The van der Waals surface area contributed by atoms with Crippen LogP contribution < -0.4 is 10.1 Å². The van der Waals surface area contributed by atoms with Crippen LogP contribution in [0.3, 0.4) is 0 Å². The normalized spacial score (nSPS) is 30.4. The van der Waals surface area contributed by atoms with Gasteiger partial charge in [0.05, 0.1) is 18.7 Å². The molecule has 4 nitrogen and oxygen atoms in total. The van der Waals surface area contributed by atoms with Crippen LogP contribution in [0.25, 0.3) is 0 Å². The first-order chi connectivity index (χ1) is 13.1. The standard InChI is InChI=1S/C22H22BrNO3/c1-27-18-7-5-14(23)10-16(18)21-20-12-3-2-11(8-12)19(20)15-9-13(22(25)26)4-6-17(15)24-21/h4-7,9-12,19-21,24H,2-3,8H2,1H3,(H,25,26). The summed E-state index contributed by atoms with van der Waals surface area (Å²) in [7, 11) is 1.72. The van der Waals surface area contributed by atoms with E-state index in [-0.39, 0.29) is 6.04 Å². The van der Waals surface area contributed by atoms with Crippen LogP contribution in [0.2, 0.25) is 0 Å². The van der Waals surface area contributed by atoms with E-state index in [9.17, 15) is 9.90 Å². The molecule has 2 N–H and O–H groups in total. The van der Waals surface area contributed by atoms with Crippen molar-refractivity contribution < 1.29 is 14.6 Å². The molecule has 2 saturated carbocycles. The number of ether oxygens (including phenoxy) is 1. The Morgan fingerprint density at radius 3 is 2.74 bits per heavy atom. The highest BCUT2D eigenvalue weighted by Gasteiger charge is 2.54. The van der Waals surface area contributed by atoms with Crippen molar-refractivity contribution in [2.24, 2.45) is 17.8 Å². The average molecular weight is 428 g/mol. The third-order valence-electron chi connectivity index (χ3n) is 6.86. The summed E-state index contributed by atoms with van der Waals surface area (Å²) in [6, 6.07) is 11.9. The van der Waals surface area contributed by atoms with Gasteiger partial charge in [-0.25, -0.2) is 4.79 Å². The molecule has 5 rings (SSSR count). The van der Waals surface area contributed by atoms with Crippen LogP contribution in [-0.2, 0) is 0 Å². The number of methoxy groups -OCH3 is 1. The number of rotatable bonds is 3. The van der Waals surface area contributed by atoms with E-state index in [0.29, 0.717) is 29.2 Å². The number of nitrogens with one attached hydrogen (secondary N) is 1. The summed E-state index contributed by atoms with van der Waals surface area (Å²) in [5.74, 6) is 2.29. The maximum atomic E-state index is 11.5. The molecule has 27 heavy (non-hydrogen) atoms. The van der Waals surface area contributed by atoms with Crippen LogP contribution in [0.5, 0.6) is 5.75 Å². The molecule has 2 aromatic carbocycles. The predicted octanol–water partition coefficient (Wildman–Crippen LogP) is 5.45. The van der Waals surface area contributed by atoms with Gasteiger partial charge in [-0.2, -0.15) is 0 Å². The monoisotopic (exact) mass is 427 g/mol. The van der Waals surface area contributed by atoms with Gasteiger partial charge < -0.3 is 15.2 Å². The number of carboxylic acid groups (broad SMARTS) is 1. The molecule has 140 valence electrons. The molecule has 3 aliphatic rings. The quantitative estimate of drug-likeness (QED) is 0.683. The zero-order chi connectivity index (χ0) is 18.7. The van der Waals surface area contributed by atoms with Crippen molar-refractivity contribution in [2.45, 2.75) is 31.2 Å². The topological polar surface area (TPSA) is 58.6 Å². The summed E-state index contributed by atoms with van der Waals surface area (Å²) in [5, 5.41) is 13.2. The largest absolute Gasteiger partial charge is 0.496 e. The number of benzene rings is 2. The van der Waals surface area contributed by atoms with Crippen molar-refractivity contribution in [2.75, 3.05) is 12.4 Å². The molecule has 2 bridgehead atoms. The third kappa shape index (κ3) is 2.59. The van der Waals surface area contributed by atoms with E-state index in [1.165, 1.54) is 30.4 Å². The lowest BCUT2D eigenvalue weighted by Gasteiger charge is -2.44. The Morgan fingerprint density at radius 1 is 1.15 bits per heavy atom. The first-order valence-corrected chi connectivity index (χ1v) is 10.3. The van der Waals surface area contributed by atoms with Crippen LogP contribution in [0.4, 0.5) is 5.69 Å². The third-order valence-corrected chi connectivity index (χ3v) is 7.35. The molecule has 0 radical (unpaired) electrons. The smallest absolute Gasteiger partial charge is 0.335 e. The molecule has 2 fully saturated rings. The van der Waals surface area contributed by atoms with Crippen LogP contribution in [0.1, 0.15) is 52.7 Å². The highest BCUT2D eigenvalue weighted by molar-refractivity contribution is 9.10. The number of aromatic carboxylic acids is 1. The number of fused-ring (bicyclic) bond motifs is 7. The fourth-order valence-electron chi connectivity index (χ4n) is 5.88. The molecule has 5 atom stereocenters. The van der Waals surface area contributed by atoms with Crippen LogP contribution in [0.15, 0.2) is 40.9 Å². The number of carbonyl (C=O) groups is 1. The van der Waals surface area contributed by atoms with E-state index >= 15 is 0 Å². The molecular formula is C22H22BrNO3. The summed E-state index contributed by atoms with van der Waals surface area (Å²) in [4.78, 5) is 11.5. The second-order valence-corrected chi connectivity index (χ2v) is 8.97. The van der Waals surface area contributed by atoms with Crippen molar-refractivity contribution in [3.05, 3.63) is 57.6 Å². The van der Waals surface area contributed by atoms with Crippen molar-refractivity contribution in [1.82, 2.24) is 0 Å². The van der Waals surface area contributed by atoms with Gasteiger partial charge >= 0.3 is 5.97 Å². The first kappa shape index (κ1) is 17.1.